The van der Waals surface area contributed by atoms with Crippen LogP contribution in [0.15, 0.2) is 48.5 Å². The van der Waals surface area contributed by atoms with Crippen LogP contribution < -0.4 is 10.6 Å². The second kappa shape index (κ2) is 9.95. The molecule has 0 aliphatic heterocycles. The minimum atomic E-state index is -5.29. The average molecular weight is 494 g/mol. The molecule has 2 amide bonds. The number of amides is 2. The summed E-state index contributed by atoms with van der Waals surface area (Å²) in [6.07, 6.45) is -7.46. The number of hydrogen-bond donors (Lipinski definition) is 3. The molecule has 35 heavy (non-hydrogen) atoms. The molecular weight excluding hydrogens is 469 g/mol. The third-order valence-electron chi connectivity index (χ3n) is 6.11. The Hall–Kier alpha value is -3.60. The number of carbonyl (C=O) groups is 3. The molecule has 0 heterocycles. The van der Waals surface area contributed by atoms with Gasteiger partial charge in [-0.3, -0.25) is 4.79 Å². The number of alkyl carbamates (subject to hydrolysis) is 1. The van der Waals surface area contributed by atoms with Crippen molar-refractivity contribution in [1.29, 1.82) is 0 Å². The molecule has 0 fully saturated rings. The standard InChI is InChI=1S/C24H25F3N2O6/c1-13(34-3)19(20(30)29-23(2,21(31)32)24(25,26)27)28-22(33)35-12-18-16-10-6-4-8-14(16)15-9-5-7-11-17(15)18/h4-11,13,18-19H,12H2,1-3H3,(H,28,33)(H,29,30)(H,31,32)/t13-,19+,23?/m1/s1. The van der Waals surface area contributed by atoms with Gasteiger partial charge in [0.25, 0.3) is 0 Å². The molecule has 0 aromatic heterocycles. The molecule has 1 aliphatic rings. The summed E-state index contributed by atoms with van der Waals surface area (Å²) in [5.41, 5.74) is 0.329. The summed E-state index contributed by atoms with van der Waals surface area (Å²) in [7, 11) is 1.19. The van der Waals surface area contributed by atoms with Crippen LogP contribution in [0.5, 0.6) is 0 Å². The van der Waals surface area contributed by atoms with Gasteiger partial charge in [-0.05, 0) is 36.1 Å². The second-order valence-electron chi connectivity index (χ2n) is 8.31. The van der Waals surface area contributed by atoms with Crippen molar-refractivity contribution in [2.45, 2.75) is 43.6 Å². The summed E-state index contributed by atoms with van der Waals surface area (Å²) in [6.45, 7) is 1.56. The predicted octanol–water partition coefficient (Wildman–Crippen LogP) is 3.45. The van der Waals surface area contributed by atoms with E-state index in [9.17, 15) is 27.6 Å². The number of benzene rings is 2. The molecule has 0 saturated heterocycles. The lowest BCUT2D eigenvalue weighted by Gasteiger charge is -2.31. The molecule has 0 spiro atoms. The highest BCUT2D eigenvalue weighted by Gasteiger charge is 2.59. The molecule has 1 unspecified atom stereocenters. The maximum Gasteiger partial charge on any atom is 0.422 e. The second-order valence-corrected chi connectivity index (χ2v) is 8.31. The maximum absolute atomic E-state index is 13.3. The summed E-state index contributed by atoms with van der Waals surface area (Å²) in [5.74, 6) is -3.97. The molecule has 3 N–H and O–H groups in total. The van der Waals surface area contributed by atoms with E-state index in [0.717, 1.165) is 22.3 Å². The van der Waals surface area contributed by atoms with Crippen molar-refractivity contribution in [2.75, 3.05) is 13.7 Å². The third-order valence-corrected chi connectivity index (χ3v) is 6.11. The van der Waals surface area contributed by atoms with E-state index in [1.54, 1.807) is 0 Å². The molecule has 2 aromatic rings. The van der Waals surface area contributed by atoms with Crippen LogP contribution >= 0.6 is 0 Å². The molecule has 0 bridgehead atoms. The SMILES string of the molecule is CO[C@H](C)[C@H](NC(=O)OCC1c2ccccc2-c2ccccc21)C(=O)NC(C)(C(=O)O)C(F)(F)F. The van der Waals surface area contributed by atoms with E-state index in [1.165, 1.54) is 19.4 Å². The normalized spacial score (nSPS) is 16.3. The Labute approximate surface area is 199 Å². The van der Waals surface area contributed by atoms with Crippen molar-refractivity contribution in [3.8, 4) is 11.1 Å². The lowest BCUT2D eigenvalue weighted by Crippen LogP contribution is -2.66. The number of halogens is 3. The fourth-order valence-corrected chi connectivity index (χ4v) is 3.87. The van der Waals surface area contributed by atoms with E-state index in [4.69, 9.17) is 14.6 Å². The number of alkyl halides is 3. The van der Waals surface area contributed by atoms with Gasteiger partial charge >= 0.3 is 18.2 Å². The first-order valence-corrected chi connectivity index (χ1v) is 10.7. The van der Waals surface area contributed by atoms with Gasteiger partial charge in [0.15, 0.2) is 0 Å². The lowest BCUT2D eigenvalue weighted by molar-refractivity contribution is -0.207. The fraction of sp³-hybridized carbons (Fsp3) is 0.375. The molecule has 1 aliphatic carbocycles. The zero-order valence-electron chi connectivity index (χ0n) is 19.2. The Kier molecular flexibility index (Phi) is 7.39. The van der Waals surface area contributed by atoms with Gasteiger partial charge in [0.2, 0.25) is 11.4 Å². The predicted molar refractivity (Wildman–Crippen MR) is 119 cm³/mol. The molecule has 3 atom stereocenters. The molecule has 0 radical (unpaired) electrons. The van der Waals surface area contributed by atoms with Crippen LogP contribution in [0.1, 0.15) is 30.9 Å². The smallest absolute Gasteiger partial charge is 0.422 e. The Morgan fingerprint density at radius 2 is 1.54 bits per heavy atom. The number of carbonyl (C=O) groups excluding carboxylic acids is 2. The van der Waals surface area contributed by atoms with Crippen LogP contribution in [0.3, 0.4) is 0 Å². The number of carboxylic acid groups (broad SMARTS) is 1. The van der Waals surface area contributed by atoms with Crippen LogP contribution in [0.25, 0.3) is 11.1 Å². The van der Waals surface area contributed by atoms with Gasteiger partial charge in [-0.25, -0.2) is 9.59 Å². The van der Waals surface area contributed by atoms with E-state index in [0.29, 0.717) is 6.92 Å². The van der Waals surface area contributed by atoms with Crippen molar-refractivity contribution in [1.82, 2.24) is 10.6 Å². The zero-order valence-corrected chi connectivity index (χ0v) is 19.2. The fourth-order valence-electron chi connectivity index (χ4n) is 3.87. The minimum absolute atomic E-state index is 0.0923. The summed E-state index contributed by atoms with van der Waals surface area (Å²) in [6, 6.07) is 13.6. The molecule has 0 saturated carbocycles. The number of rotatable bonds is 8. The van der Waals surface area contributed by atoms with Crippen molar-refractivity contribution in [2.24, 2.45) is 0 Å². The van der Waals surface area contributed by atoms with E-state index in [2.05, 4.69) is 5.32 Å². The number of nitrogens with one attached hydrogen (secondary N) is 2. The molecule has 3 rings (SSSR count). The van der Waals surface area contributed by atoms with Crippen molar-refractivity contribution >= 4 is 18.0 Å². The number of carboxylic acids is 1. The molecule has 11 heteroatoms. The first-order chi connectivity index (χ1) is 16.4. The van der Waals surface area contributed by atoms with Gasteiger partial charge in [-0.1, -0.05) is 48.5 Å². The average Bonchev–Trinajstić information content (AvgIpc) is 3.13. The van der Waals surface area contributed by atoms with Gasteiger partial charge in [-0.15, -0.1) is 0 Å². The van der Waals surface area contributed by atoms with Crippen LogP contribution in [0.4, 0.5) is 18.0 Å². The largest absolute Gasteiger partial charge is 0.479 e. The number of aliphatic carboxylic acids is 1. The highest BCUT2D eigenvalue weighted by Crippen LogP contribution is 2.44. The summed E-state index contributed by atoms with van der Waals surface area (Å²) < 4.78 is 50.3. The van der Waals surface area contributed by atoms with Gasteiger partial charge < -0.3 is 25.2 Å². The van der Waals surface area contributed by atoms with Crippen LogP contribution in [-0.2, 0) is 19.1 Å². The van der Waals surface area contributed by atoms with E-state index >= 15 is 0 Å². The highest BCUT2D eigenvalue weighted by atomic mass is 19.4. The van der Waals surface area contributed by atoms with Crippen LogP contribution in [0.2, 0.25) is 0 Å². The number of ether oxygens (including phenoxy) is 2. The Bertz CT molecular complexity index is 1080. The Balaban J connectivity index is 1.73. The number of methoxy groups -OCH3 is 1. The van der Waals surface area contributed by atoms with Gasteiger partial charge in [-0.2, -0.15) is 13.2 Å². The van der Waals surface area contributed by atoms with Gasteiger partial charge in [0, 0.05) is 13.0 Å². The van der Waals surface area contributed by atoms with E-state index in [-0.39, 0.29) is 12.5 Å². The quantitative estimate of drug-likeness (QED) is 0.518. The van der Waals surface area contributed by atoms with Gasteiger partial charge in [0.1, 0.15) is 12.6 Å². The summed E-state index contributed by atoms with van der Waals surface area (Å²) >= 11 is 0. The van der Waals surface area contributed by atoms with Crippen LogP contribution in [0, 0.1) is 0 Å². The van der Waals surface area contributed by atoms with E-state index < -0.39 is 41.8 Å². The van der Waals surface area contributed by atoms with Gasteiger partial charge in [0.05, 0.1) is 6.10 Å². The third kappa shape index (κ3) is 5.09. The Morgan fingerprint density at radius 3 is 2.00 bits per heavy atom. The first kappa shape index (κ1) is 26.0. The number of hydrogen-bond acceptors (Lipinski definition) is 5. The van der Waals surface area contributed by atoms with Crippen molar-refractivity contribution in [3.63, 3.8) is 0 Å². The molecule has 8 nitrogen and oxygen atoms in total. The van der Waals surface area contributed by atoms with E-state index in [1.807, 2.05) is 48.5 Å². The van der Waals surface area contributed by atoms with Crippen molar-refractivity contribution in [3.05, 3.63) is 59.7 Å². The summed E-state index contributed by atoms with van der Waals surface area (Å²) in [4.78, 5) is 36.4. The molecular formula is C24H25F3N2O6. The Morgan fingerprint density at radius 1 is 1.03 bits per heavy atom. The topological polar surface area (TPSA) is 114 Å². The minimum Gasteiger partial charge on any atom is -0.479 e. The number of fused-ring (bicyclic) bond motifs is 3. The monoisotopic (exact) mass is 494 g/mol. The van der Waals surface area contributed by atoms with Crippen molar-refractivity contribution < 1.29 is 42.1 Å². The molecule has 188 valence electrons. The zero-order chi connectivity index (χ0) is 26.0. The lowest BCUT2D eigenvalue weighted by atomic mass is 9.98. The first-order valence-electron chi connectivity index (χ1n) is 10.7. The molecule has 2 aromatic carbocycles. The van der Waals surface area contributed by atoms with Crippen LogP contribution in [-0.4, -0.2) is 60.7 Å². The maximum atomic E-state index is 13.3. The highest BCUT2D eigenvalue weighted by molar-refractivity contribution is 5.92. The summed E-state index contributed by atoms with van der Waals surface area (Å²) in [5, 5.41) is 12.7.